The summed E-state index contributed by atoms with van der Waals surface area (Å²) in [7, 11) is 0. The minimum Gasteiger partial charge on any atom is -0.368 e. The van der Waals surface area contributed by atoms with Gasteiger partial charge in [0.1, 0.15) is 11.5 Å². The lowest BCUT2D eigenvalue weighted by Gasteiger charge is -2.37. The van der Waals surface area contributed by atoms with Crippen LogP contribution in [0.15, 0.2) is 48.5 Å². The SMILES string of the molecule is N#CC(C#N)c1nc2ccccc2nc1N1CCN(c2ccc(F)cc2)CC1. The lowest BCUT2D eigenvalue weighted by molar-refractivity contribution is 0.623. The minimum absolute atomic E-state index is 0.252. The fourth-order valence-electron chi connectivity index (χ4n) is 3.41. The molecule has 0 aliphatic carbocycles. The molecule has 1 aliphatic heterocycles. The van der Waals surface area contributed by atoms with Crippen LogP contribution in [0.3, 0.4) is 0 Å². The van der Waals surface area contributed by atoms with Crippen molar-refractivity contribution in [2.75, 3.05) is 36.0 Å². The number of hydrogen-bond acceptors (Lipinski definition) is 6. The Kier molecular flexibility index (Phi) is 4.74. The summed E-state index contributed by atoms with van der Waals surface area (Å²) in [6.07, 6.45) is 0. The molecule has 4 rings (SSSR count). The summed E-state index contributed by atoms with van der Waals surface area (Å²) >= 11 is 0. The number of nitrogens with zero attached hydrogens (tertiary/aromatic N) is 6. The van der Waals surface area contributed by atoms with Crippen LogP contribution in [-0.4, -0.2) is 36.1 Å². The number of piperazine rings is 1. The van der Waals surface area contributed by atoms with E-state index in [2.05, 4.69) is 14.8 Å². The van der Waals surface area contributed by atoms with Crippen molar-refractivity contribution in [2.24, 2.45) is 0 Å². The van der Waals surface area contributed by atoms with Gasteiger partial charge in [-0.15, -0.1) is 0 Å². The van der Waals surface area contributed by atoms with E-state index in [1.165, 1.54) is 12.1 Å². The van der Waals surface area contributed by atoms with E-state index < -0.39 is 5.92 Å². The van der Waals surface area contributed by atoms with Crippen molar-refractivity contribution in [1.82, 2.24) is 9.97 Å². The Morgan fingerprint density at radius 3 is 2.00 bits per heavy atom. The molecule has 1 fully saturated rings. The summed E-state index contributed by atoms with van der Waals surface area (Å²) < 4.78 is 13.2. The third kappa shape index (κ3) is 3.30. The average molecular weight is 372 g/mol. The first kappa shape index (κ1) is 17.7. The number of fused-ring (bicyclic) bond motifs is 1. The fourth-order valence-corrected chi connectivity index (χ4v) is 3.41. The molecule has 0 atom stereocenters. The number of benzene rings is 2. The number of rotatable bonds is 3. The summed E-state index contributed by atoms with van der Waals surface area (Å²) in [5, 5.41) is 18.8. The number of para-hydroxylation sites is 2. The molecule has 0 saturated carbocycles. The van der Waals surface area contributed by atoms with E-state index in [0.29, 0.717) is 30.1 Å². The largest absolute Gasteiger partial charge is 0.368 e. The van der Waals surface area contributed by atoms with Gasteiger partial charge in [-0.2, -0.15) is 10.5 Å². The Bertz CT molecular complexity index is 1060. The molecule has 0 amide bonds. The van der Waals surface area contributed by atoms with Crippen molar-refractivity contribution in [2.45, 2.75) is 5.92 Å². The van der Waals surface area contributed by atoms with Crippen LogP contribution in [0.2, 0.25) is 0 Å². The number of aromatic nitrogens is 2. The number of hydrogen-bond donors (Lipinski definition) is 0. The van der Waals surface area contributed by atoms with Crippen LogP contribution in [0.1, 0.15) is 11.6 Å². The van der Waals surface area contributed by atoms with Crippen molar-refractivity contribution in [3.05, 3.63) is 60.0 Å². The average Bonchev–Trinajstić information content (AvgIpc) is 2.75. The highest BCUT2D eigenvalue weighted by atomic mass is 19.1. The van der Waals surface area contributed by atoms with Crippen LogP contribution in [-0.2, 0) is 0 Å². The van der Waals surface area contributed by atoms with Gasteiger partial charge in [0.2, 0.25) is 0 Å². The van der Waals surface area contributed by atoms with Gasteiger partial charge in [0.05, 0.1) is 23.2 Å². The lowest BCUT2D eigenvalue weighted by Crippen LogP contribution is -2.47. The second kappa shape index (κ2) is 7.50. The predicted octanol–water partition coefficient (Wildman–Crippen LogP) is 3.23. The van der Waals surface area contributed by atoms with Gasteiger partial charge in [0.25, 0.3) is 0 Å². The molecule has 0 radical (unpaired) electrons. The first-order valence-electron chi connectivity index (χ1n) is 9.01. The van der Waals surface area contributed by atoms with Crippen LogP contribution in [0, 0.1) is 28.5 Å². The molecule has 0 N–H and O–H groups in total. The van der Waals surface area contributed by atoms with Gasteiger partial charge in [-0.25, -0.2) is 14.4 Å². The van der Waals surface area contributed by atoms with Crippen LogP contribution < -0.4 is 9.80 Å². The van der Waals surface area contributed by atoms with Crippen molar-refractivity contribution >= 4 is 22.5 Å². The third-order valence-electron chi connectivity index (χ3n) is 4.88. The topological polar surface area (TPSA) is 79.8 Å². The van der Waals surface area contributed by atoms with Gasteiger partial charge < -0.3 is 9.80 Å². The van der Waals surface area contributed by atoms with Gasteiger partial charge in [0.15, 0.2) is 11.7 Å². The van der Waals surface area contributed by atoms with Crippen molar-refractivity contribution in [1.29, 1.82) is 10.5 Å². The summed E-state index contributed by atoms with van der Waals surface area (Å²) in [6.45, 7) is 2.79. The molecule has 28 heavy (non-hydrogen) atoms. The predicted molar refractivity (Wildman–Crippen MR) is 104 cm³/mol. The highest BCUT2D eigenvalue weighted by molar-refractivity contribution is 5.77. The van der Waals surface area contributed by atoms with E-state index in [9.17, 15) is 14.9 Å². The molecule has 0 bridgehead atoms. The highest BCUT2D eigenvalue weighted by Gasteiger charge is 2.26. The van der Waals surface area contributed by atoms with E-state index in [1.54, 1.807) is 12.1 Å². The smallest absolute Gasteiger partial charge is 0.178 e. The molecule has 2 heterocycles. The molecule has 1 aromatic heterocycles. The Morgan fingerprint density at radius 1 is 0.821 bits per heavy atom. The first-order chi connectivity index (χ1) is 13.7. The maximum absolute atomic E-state index is 13.2. The van der Waals surface area contributed by atoms with Crippen molar-refractivity contribution in [3.63, 3.8) is 0 Å². The summed E-state index contributed by atoms with van der Waals surface area (Å²) in [6, 6.07) is 17.9. The zero-order valence-corrected chi connectivity index (χ0v) is 15.1. The van der Waals surface area contributed by atoms with Crippen LogP contribution in [0.5, 0.6) is 0 Å². The van der Waals surface area contributed by atoms with Crippen LogP contribution >= 0.6 is 0 Å². The van der Waals surface area contributed by atoms with E-state index in [0.717, 1.165) is 24.3 Å². The molecular formula is C21H17FN6. The molecular weight excluding hydrogens is 355 g/mol. The zero-order chi connectivity index (χ0) is 19.5. The van der Waals surface area contributed by atoms with E-state index in [1.807, 2.05) is 36.4 Å². The number of halogens is 1. The normalized spacial score (nSPS) is 14.1. The molecule has 2 aromatic carbocycles. The Hall–Kier alpha value is -3.71. The minimum atomic E-state index is -0.970. The summed E-state index contributed by atoms with van der Waals surface area (Å²) in [5.74, 6) is -0.634. The number of nitriles is 2. The van der Waals surface area contributed by atoms with E-state index >= 15 is 0 Å². The molecule has 7 heteroatoms. The zero-order valence-electron chi connectivity index (χ0n) is 15.1. The van der Waals surface area contributed by atoms with Gasteiger partial charge >= 0.3 is 0 Å². The van der Waals surface area contributed by atoms with Crippen molar-refractivity contribution in [3.8, 4) is 12.1 Å². The van der Waals surface area contributed by atoms with Gasteiger partial charge in [0, 0.05) is 31.9 Å². The van der Waals surface area contributed by atoms with Gasteiger partial charge in [-0.05, 0) is 36.4 Å². The van der Waals surface area contributed by atoms with Crippen molar-refractivity contribution < 1.29 is 4.39 Å². The maximum atomic E-state index is 13.2. The lowest BCUT2D eigenvalue weighted by atomic mass is 10.1. The number of anilines is 2. The second-order valence-electron chi connectivity index (χ2n) is 6.56. The first-order valence-corrected chi connectivity index (χ1v) is 9.01. The second-order valence-corrected chi connectivity index (χ2v) is 6.56. The Balaban J connectivity index is 1.64. The summed E-state index contributed by atoms with van der Waals surface area (Å²) in [4.78, 5) is 13.5. The monoisotopic (exact) mass is 372 g/mol. The van der Waals surface area contributed by atoms with E-state index in [4.69, 9.17) is 4.98 Å². The Labute approximate surface area is 162 Å². The molecule has 6 nitrogen and oxygen atoms in total. The van der Waals surface area contributed by atoms with Gasteiger partial charge in [-0.1, -0.05) is 12.1 Å². The standard InChI is InChI=1S/C21H17FN6/c22-16-5-7-17(8-6-16)27-9-11-28(12-10-27)21-20(15(13-23)14-24)25-18-3-1-2-4-19(18)26-21/h1-8,15H,9-12H2. The van der Waals surface area contributed by atoms with Crippen LogP contribution in [0.4, 0.5) is 15.9 Å². The van der Waals surface area contributed by atoms with Gasteiger partial charge in [-0.3, -0.25) is 0 Å². The quantitative estimate of drug-likeness (QED) is 0.702. The molecule has 0 spiro atoms. The third-order valence-corrected chi connectivity index (χ3v) is 4.88. The molecule has 3 aromatic rings. The highest BCUT2D eigenvalue weighted by Crippen LogP contribution is 2.28. The van der Waals surface area contributed by atoms with E-state index in [-0.39, 0.29) is 5.82 Å². The Morgan fingerprint density at radius 2 is 1.39 bits per heavy atom. The fraction of sp³-hybridized carbons (Fsp3) is 0.238. The maximum Gasteiger partial charge on any atom is 0.178 e. The molecule has 138 valence electrons. The molecule has 1 aliphatic rings. The summed E-state index contributed by atoms with van der Waals surface area (Å²) in [5.41, 5.74) is 2.77. The van der Waals surface area contributed by atoms with Crippen LogP contribution in [0.25, 0.3) is 11.0 Å². The molecule has 1 saturated heterocycles. The molecule has 0 unspecified atom stereocenters.